The molecule has 0 aromatic heterocycles. The number of hydrogen-bond donors (Lipinski definition) is 0. The lowest BCUT2D eigenvalue weighted by molar-refractivity contribution is -0.0777. The van der Waals surface area contributed by atoms with Crippen LogP contribution in [-0.4, -0.2) is 18.1 Å². The van der Waals surface area contributed by atoms with Crippen molar-refractivity contribution >= 4 is 27.5 Å². The second-order valence-electron chi connectivity index (χ2n) is 4.88. The molecule has 1 atom stereocenters. The molecule has 3 heteroatoms. The molecule has 0 heterocycles. The van der Waals surface area contributed by atoms with Crippen molar-refractivity contribution < 1.29 is 4.74 Å². The van der Waals surface area contributed by atoms with Gasteiger partial charge in [0.05, 0.1) is 5.60 Å². The first-order valence-electron chi connectivity index (χ1n) is 6.07. The van der Waals surface area contributed by atoms with Gasteiger partial charge in [0.15, 0.2) is 0 Å². The van der Waals surface area contributed by atoms with E-state index in [1.54, 1.807) is 0 Å². The minimum atomic E-state index is 0.0679. The van der Waals surface area contributed by atoms with E-state index in [9.17, 15) is 0 Å². The molecule has 0 saturated heterocycles. The topological polar surface area (TPSA) is 9.23 Å². The highest BCUT2D eigenvalue weighted by atomic mass is 79.9. The third kappa shape index (κ3) is 3.46. The highest BCUT2D eigenvalue weighted by Gasteiger charge is 2.38. The molecule has 0 spiro atoms. The fraction of sp³-hybridized carbons (Fsp3) is 0.571. The highest BCUT2D eigenvalue weighted by molar-refractivity contribution is 9.10. The van der Waals surface area contributed by atoms with Gasteiger partial charge in [-0.1, -0.05) is 28.1 Å². The first-order valence-corrected chi connectivity index (χ1v) is 7.30. The van der Waals surface area contributed by atoms with Crippen molar-refractivity contribution in [3.8, 4) is 0 Å². The fourth-order valence-corrected chi connectivity index (χ4v) is 3.36. The first kappa shape index (κ1) is 13.4. The summed E-state index contributed by atoms with van der Waals surface area (Å²) in [4.78, 5) is 0. The van der Waals surface area contributed by atoms with Gasteiger partial charge < -0.3 is 4.74 Å². The van der Waals surface area contributed by atoms with Gasteiger partial charge in [0.1, 0.15) is 0 Å². The van der Waals surface area contributed by atoms with Crippen LogP contribution in [0.5, 0.6) is 0 Å². The van der Waals surface area contributed by atoms with E-state index in [-0.39, 0.29) is 11.0 Å². The lowest BCUT2D eigenvalue weighted by Gasteiger charge is -2.41. The van der Waals surface area contributed by atoms with Crippen LogP contribution in [-0.2, 0) is 11.2 Å². The Morgan fingerprint density at radius 2 is 2.24 bits per heavy atom. The molecule has 17 heavy (non-hydrogen) atoms. The molecule has 94 valence electrons. The number of rotatable bonds is 5. The minimum Gasteiger partial charge on any atom is -0.378 e. The zero-order valence-corrected chi connectivity index (χ0v) is 12.4. The zero-order valence-electron chi connectivity index (χ0n) is 10.1. The van der Waals surface area contributed by atoms with Crippen molar-refractivity contribution in [2.24, 2.45) is 0 Å². The molecule has 2 rings (SSSR count). The third-order valence-corrected chi connectivity index (χ3v) is 4.44. The molecule has 0 bridgehead atoms. The maximum absolute atomic E-state index is 6.45. The summed E-state index contributed by atoms with van der Waals surface area (Å²) in [6.45, 7) is 0. The lowest BCUT2D eigenvalue weighted by Crippen LogP contribution is -2.41. The Hall–Kier alpha value is -0.0500. The third-order valence-electron chi connectivity index (χ3n) is 3.64. The van der Waals surface area contributed by atoms with Crippen LogP contribution < -0.4 is 0 Å². The van der Waals surface area contributed by atoms with E-state index >= 15 is 0 Å². The SMILES string of the molecule is COC1(CC(Cl)Cc2cccc(Br)c2)CCC1. The Kier molecular flexibility index (Phi) is 4.51. The Bertz CT molecular complexity index is 371. The predicted octanol–water partition coefficient (Wildman–Crippen LogP) is 4.56. The van der Waals surface area contributed by atoms with Crippen molar-refractivity contribution in [2.45, 2.75) is 43.1 Å². The number of benzene rings is 1. The summed E-state index contributed by atoms with van der Waals surface area (Å²) in [5.74, 6) is 0. The van der Waals surface area contributed by atoms with Gasteiger partial charge in [-0.05, 0) is 49.8 Å². The molecule has 1 aliphatic carbocycles. The summed E-state index contributed by atoms with van der Waals surface area (Å²) in [5.41, 5.74) is 1.35. The van der Waals surface area contributed by atoms with Gasteiger partial charge in [0.2, 0.25) is 0 Å². The second kappa shape index (κ2) is 5.73. The molecule has 0 N–H and O–H groups in total. The average Bonchev–Trinajstić information content (AvgIpc) is 2.23. The van der Waals surface area contributed by atoms with Crippen LogP contribution in [0.15, 0.2) is 28.7 Å². The van der Waals surface area contributed by atoms with E-state index in [2.05, 4.69) is 34.1 Å². The highest BCUT2D eigenvalue weighted by Crippen LogP contribution is 2.40. The number of halogens is 2. The Balaban J connectivity index is 1.90. The first-order chi connectivity index (χ1) is 8.13. The Labute approximate surface area is 117 Å². The number of alkyl halides is 1. The molecule has 1 fully saturated rings. The standard InChI is InChI=1S/C14H18BrClO/c1-17-14(6-3-7-14)10-13(16)9-11-4-2-5-12(15)8-11/h2,4-5,8,13H,3,6-7,9-10H2,1H3. The monoisotopic (exact) mass is 316 g/mol. The molecule has 1 nitrogen and oxygen atoms in total. The number of hydrogen-bond acceptors (Lipinski definition) is 1. The van der Waals surface area contributed by atoms with Crippen LogP contribution in [0.3, 0.4) is 0 Å². The fourth-order valence-electron chi connectivity index (χ4n) is 2.46. The zero-order chi connectivity index (χ0) is 12.3. The number of ether oxygens (including phenoxy) is 1. The van der Waals surface area contributed by atoms with Gasteiger partial charge in [-0.15, -0.1) is 11.6 Å². The molecule has 1 saturated carbocycles. The molecule has 0 amide bonds. The molecular formula is C14H18BrClO. The van der Waals surface area contributed by atoms with E-state index in [1.165, 1.54) is 12.0 Å². The van der Waals surface area contributed by atoms with Crippen molar-refractivity contribution in [2.75, 3.05) is 7.11 Å². The summed E-state index contributed by atoms with van der Waals surface area (Å²) >= 11 is 9.93. The van der Waals surface area contributed by atoms with Crippen molar-refractivity contribution in [3.63, 3.8) is 0 Å². The molecule has 0 radical (unpaired) electrons. The molecule has 1 aromatic carbocycles. The molecule has 0 aliphatic heterocycles. The van der Waals surface area contributed by atoms with E-state index in [0.29, 0.717) is 0 Å². The van der Waals surface area contributed by atoms with Crippen LogP contribution in [0.1, 0.15) is 31.2 Å². The van der Waals surface area contributed by atoms with Crippen LogP contribution >= 0.6 is 27.5 Å². The van der Waals surface area contributed by atoms with Gasteiger partial charge in [0, 0.05) is 17.0 Å². The quantitative estimate of drug-likeness (QED) is 0.723. The van der Waals surface area contributed by atoms with Crippen LogP contribution in [0.25, 0.3) is 0 Å². The Morgan fingerprint density at radius 3 is 2.76 bits per heavy atom. The van der Waals surface area contributed by atoms with Crippen LogP contribution in [0, 0.1) is 0 Å². The van der Waals surface area contributed by atoms with Crippen molar-refractivity contribution in [3.05, 3.63) is 34.3 Å². The van der Waals surface area contributed by atoms with Crippen molar-refractivity contribution in [1.29, 1.82) is 0 Å². The molecule has 1 aromatic rings. The largest absolute Gasteiger partial charge is 0.378 e. The summed E-state index contributed by atoms with van der Waals surface area (Å²) < 4.78 is 6.73. The number of methoxy groups -OCH3 is 1. The molecule has 1 unspecified atom stereocenters. The van der Waals surface area contributed by atoms with Crippen molar-refractivity contribution in [1.82, 2.24) is 0 Å². The summed E-state index contributed by atoms with van der Waals surface area (Å²) in [7, 11) is 1.81. The van der Waals surface area contributed by atoms with Gasteiger partial charge in [-0.3, -0.25) is 0 Å². The molecular weight excluding hydrogens is 300 g/mol. The predicted molar refractivity (Wildman–Crippen MR) is 75.7 cm³/mol. The van der Waals surface area contributed by atoms with Crippen LogP contribution in [0.4, 0.5) is 0 Å². The summed E-state index contributed by atoms with van der Waals surface area (Å²) in [6.07, 6.45) is 5.45. The second-order valence-corrected chi connectivity index (χ2v) is 6.41. The van der Waals surface area contributed by atoms with Crippen LogP contribution in [0.2, 0.25) is 0 Å². The van der Waals surface area contributed by atoms with Gasteiger partial charge >= 0.3 is 0 Å². The van der Waals surface area contributed by atoms with E-state index < -0.39 is 0 Å². The Morgan fingerprint density at radius 1 is 1.47 bits per heavy atom. The molecule has 1 aliphatic rings. The minimum absolute atomic E-state index is 0.0679. The maximum Gasteiger partial charge on any atom is 0.0693 e. The van der Waals surface area contributed by atoms with E-state index in [4.69, 9.17) is 16.3 Å². The average molecular weight is 318 g/mol. The van der Waals surface area contributed by atoms with Gasteiger partial charge in [-0.25, -0.2) is 0 Å². The van der Waals surface area contributed by atoms with E-state index in [0.717, 1.165) is 30.2 Å². The van der Waals surface area contributed by atoms with E-state index in [1.807, 2.05) is 13.2 Å². The van der Waals surface area contributed by atoms with Gasteiger partial charge in [0.25, 0.3) is 0 Å². The maximum atomic E-state index is 6.45. The smallest absolute Gasteiger partial charge is 0.0693 e. The summed E-state index contributed by atoms with van der Waals surface area (Å²) in [6, 6.07) is 8.35. The normalized spacial score (nSPS) is 19.7. The summed E-state index contributed by atoms with van der Waals surface area (Å²) in [5, 5.41) is 0.157. The lowest BCUT2D eigenvalue weighted by atomic mass is 9.76. The van der Waals surface area contributed by atoms with Gasteiger partial charge in [-0.2, -0.15) is 0 Å².